The average Bonchev–Trinajstić information content (AvgIpc) is 2.49. The zero-order valence-electron chi connectivity index (χ0n) is 13.0. The van der Waals surface area contributed by atoms with Crippen molar-refractivity contribution >= 4 is 23.0 Å². The highest BCUT2D eigenvalue weighted by Crippen LogP contribution is 2.45. The second kappa shape index (κ2) is 4.93. The van der Waals surface area contributed by atoms with Gasteiger partial charge in [-0.1, -0.05) is 17.7 Å². The Morgan fingerprint density at radius 2 is 2.00 bits per heavy atom. The highest BCUT2D eigenvalue weighted by atomic mass is 32.1. The maximum atomic E-state index is 13.6. The van der Waals surface area contributed by atoms with E-state index in [0.717, 1.165) is 11.3 Å². The molecule has 4 rings (SSSR count). The summed E-state index contributed by atoms with van der Waals surface area (Å²) in [5.41, 5.74) is 2.42. The molecule has 2 aromatic carbocycles. The number of thiocarbonyl (C=S) groups is 1. The summed E-state index contributed by atoms with van der Waals surface area (Å²) in [6, 6.07) is 12.8. The molecule has 1 fully saturated rings. The standard InChI is InChI=1S/C18H17FN2OS/c1-11-3-6-13(7-4-11)21-17(23)20-15-10-18(21,2)22-16-8-5-12(19)9-14(15)16/h3-9,15H,10H2,1-2H3,(H,20,23)/t15-,18-/m1/s1. The van der Waals surface area contributed by atoms with Gasteiger partial charge >= 0.3 is 0 Å². The highest BCUT2D eigenvalue weighted by Gasteiger charge is 2.48. The van der Waals surface area contributed by atoms with Crippen LogP contribution in [-0.2, 0) is 0 Å². The van der Waals surface area contributed by atoms with Crippen molar-refractivity contribution in [1.29, 1.82) is 0 Å². The molecule has 1 saturated heterocycles. The molecule has 5 heteroatoms. The van der Waals surface area contributed by atoms with Gasteiger partial charge < -0.3 is 10.1 Å². The fourth-order valence-electron chi connectivity index (χ4n) is 3.43. The summed E-state index contributed by atoms with van der Waals surface area (Å²) >= 11 is 5.57. The molecule has 2 aliphatic heterocycles. The van der Waals surface area contributed by atoms with Gasteiger partial charge in [-0.2, -0.15) is 0 Å². The lowest BCUT2D eigenvalue weighted by Crippen LogP contribution is -2.65. The Kier molecular flexibility index (Phi) is 3.10. The molecule has 23 heavy (non-hydrogen) atoms. The van der Waals surface area contributed by atoms with Gasteiger partial charge in [-0.15, -0.1) is 0 Å². The van der Waals surface area contributed by atoms with Crippen molar-refractivity contribution in [1.82, 2.24) is 5.32 Å². The summed E-state index contributed by atoms with van der Waals surface area (Å²) in [6.45, 7) is 4.08. The van der Waals surface area contributed by atoms with Gasteiger partial charge in [0.05, 0.1) is 6.04 Å². The van der Waals surface area contributed by atoms with Gasteiger partial charge in [0.15, 0.2) is 10.8 Å². The third-order valence-corrected chi connectivity index (χ3v) is 4.83. The van der Waals surface area contributed by atoms with Gasteiger partial charge in [-0.25, -0.2) is 4.39 Å². The number of fused-ring (bicyclic) bond motifs is 4. The minimum atomic E-state index is -0.590. The third-order valence-electron chi connectivity index (χ3n) is 4.53. The summed E-state index contributed by atoms with van der Waals surface area (Å²) in [6.07, 6.45) is 0.692. The Hall–Kier alpha value is -2.14. The zero-order chi connectivity index (χ0) is 16.2. The maximum Gasteiger partial charge on any atom is 0.188 e. The van der Waals surface area contributed by atoms with Gasteiger partial charge in [0.25, 0.3) is 0 Å². The largest absolute Gasteiger partial charge is 0.467 e. The van der Waals surface area contributed by atoms with Crippen molar-refractivity contribution in [2.45, 2.75) is 32.0 Å². The lowest BCUT2D eigenvalue weighted by atomic mass is 9.90. The van der Waals surface area contributed by atoms with Gasteiger partial charge in [0, 0.05) is 17.7 Å². The number of nitrogens with zero attached hydrogens (tertiary/aromatic N) is 1. The predicted molar refractivity (Wildman–Crippen MR) is 92.2 cm³/mol. The van der Waals surface area contributed by atoms with Gasteiger partial charge in [0.1, 0.15) is 11.6 Å². The second-order valence-electron chi connectivity index (χ2n) is 6.34. The van der Waals surface area contributed by atoms with Crippen LogP contribution in [0.25, 0.3) is 0 Å². The van der Waals surface area contributed by atoms with Crippen LogP contribution in [0.15, 0.2) is 42.5 Å². The van der Waals surface area contributed by atoms with Crippen molar-refractivity contribution in [3.05, 3.63) is 59.4 Å². The molecular formula is C18H17FN2OS. The van der Waals surface area contributed by atoms with E-state index < -0.39 is 5.72 Å². The predicted octanol–water partition coefficient (Wildman–Crippen LogP) is 4.07. The average molecular weight is 328 g/mol. The molecular weight excluding hydrogens is 311 g/mol. The maximum absolute atomic E-state index is 13.6. The molecule has 0 saturated carbocycles. The normalized spacial score (nSPS) is 25.4. The molecule has 118 valence electrons. The van der Waals surface area contributed by atoms with E-state index in [0.29, 0.717) is 17.3 Å². The lowest BCUT2D eigenvalue weighted by Gasteiger charge is -2.52. The number of nitrogens with one attached hydrogen (secondary N) is 1. The van der Waals surface area contributed by atoms with E-state index in [-0.39, 0.29) is 11.9 Å². The van der Waals surface area contributed by atoms with Crippen molar-refractivity contribution in [3.8, 4) is 5.75 Å². The van der Waals surface area contributed by atoms with Crippen molar-refractivity contribution in [3.63, 3.8) is 0 Å². The number of halogens is 1. The zero-order valence-corrected chi connectivity index (χ0v) is 13.8. The van der Waals surface area contributed by atoms with Crippen molar-refractivity contribution in [2.24, 2.45) is 0 Å². The molecule has 2 heterocycles. The molecule has 3 nitrogen and oxygen atoms in total. The number of aryl methyl sites for hydroxylation is 1. The fourth-order valence-corrected chi connectivity index (χ4v) is 3.87. The summed E-state index contributed by atoms with van der Waals surface area (Å²) < 4.78 is 19.8. The van der Waals surface area contributed by atoms with Crippen LogP contribution < -0.4 is 15.0 Å². The van der Waals surface area contributed by atoms with Gasteiger partial charge in [0.2, 0.25) is 0 Å². The van der Waals surface area contributed by atoms with E-state index in [4.69, 9.17) is 17.0 Å². The van der Waals surface area contributed by atoms with Crippen LogP contribution in [0, 0.1) is 12.7 Å². The molecule has 1 N–H and O–H groups in total. The molecule has 2 aromatic rings. The Balaban J connectivity index is 1.79. The van der Waals surface area contributed by atoms with Crippen LogP contribution in [0.2, 0.25) is 0 Å². The minimum Gasteiger partial charge on any atom is -0.467 e. The molecule has 2 aliphatic rings. The molecule has 0 radical (unpaired) electrons. The Labute approximate surface area is 140 Å². The number of hydrogen-bond donors (Lipinski definition) is 1. The molecule has 0 spiro atoms. The topological polar surface area (TPSA) is 24.5 Å². The summed E-state index contributed by atoms with van der Waals surface area (Å²) in [7, 11) is 0. The minimum absolute atomic E-state index is 0.0337. The van der Waals surface area contributed by atoms with Crippen LogP contribution in [0.1, 0.15) is 30.5 Å². The quantitative estimate of drug-likeness (QED) is 0.798. The van der Waals surface area contributed by atoms with Crippen molar-refractivity contribution < 1.29 is 9.13 Å². The van der Waals surface area contributed by atoms with E-state index in [1.807, 2.05) is 24.0 Å². The number of hydrogen-bond acceptors (Lipinski definition) is 2. The smallest absolute Gasteiger partial charge is 0.188 e. The summed E-state index contributed by atoms with van der Waals surface area (Å²) in [4.78, 5) is 2.00. The second-order valence-corrected chi connectivity index (χ2v) is 6.72. The van der Waals surface area contributed by atoms with Gasteiger partial charge in [-0.05, 0) is 56.4 Å². The number of ether oxygens (including phenoxy) is 1. The van der Waals surface area contributed by atoms with E-state index in [2.05, 4.69) is 24.4 Å². The number of rotatable bonds is 1. The number of anilines is 1. The molecule has 0 aliphatic carbocycles. The SMILES string of the molecule is Cc1ccc(N2C(=S)N[C@@H]3C[C@@]2(C)Oc2ccc(F)cc23)cc1. The van der Waals surface area contributed by atoms with E-state index >= 15 is 0 Å². The highest BCUT2D eigenvalue weighted by molar-refractivity contribution is 7.80. The monoisotopic (exact) mass is 328 g/mol. The first kappa shape index (κ1) is 14.5. The first-order valence-corrected chi connectivity index (χ1v) is 8.03. The molecule has 2 bridgehead atoms. The van der Waals surface area contributed by atoms with Crippen LogP contribution in [-0.4, -0.2) is 10.8 Å². The summed E-state index contributed by atoms with van der Waals surface area (Å²) in [5.74, 6) is 0.446. The molecule has 0 unspecified atom stereocenters. The summed E-state index contributed by atoms with van der Waals surface area (Å²) in [5, 5.41) is 3.93. The molecule has 2 atom stereocenters. The lowest BCUT2D eigenvalue weighted by molar-refractivity contribution is 0.0495. The number of benzene rings is 2. The van der Waals surface area contributed by atoms with Gasteiger partial charge in [-0.3, -0.25) is 4.90 Å². The molecule has 0 amide bonds. The van der Waals surface area contributed by atoms with E-state index in [1.54, 1.807) is 6.07 Å². The van der Waals surface area contributed by atoms with Crippen LogP contribution in [0.3, 0.4) is 0 Å². The van der Waals surface area contributed by atoms with Crippen LogP contribution >= 0.6 is 12.2 Å². The first-order valence-electron chi connectivity index (χ1n) is 7.62. The van der Waals surface area contributed by atoms with E-state index in [9.17, 15) is 4.39 Å². The Bertz CT molecular complexity index is 792. The van der Waals surface area contributed by atoms with Crippen LogP contribution in [0.4, 0.5) is 10.1 Å². The van der Waals surface area contributed by atoms with E-state index in [1.165, 1.54) is 17.7 Å². The van der Waals surface area contributed by atoms with Crippen molar-refractivity contribution in [2.75, 3.05) is 4.90 Å². The van der Waals surface area contributed by atoms with Crippen LogP contribution in [0.5, 0.6) is 5.75 Å². The first-order chi connectivity index (χ1) is 11.0. The Morgan fingerprint density at radius 1 is 1.26 bits per heavy atom. The Morgan fingerprint density at radius 3 is 2.74 bits per heavy atom. The fraction of sp³-hybridized carbons (Fsp3) is 0.278. The molecule has 0 aromatic heterocycles. The third kappa shape index (κ3) is 2.27.